The molecule has 0 spiro atoms. The highest BCUT2D eigenvalue weighted by atomic mass is 16.6. The van der Waals surface area contributed by atoms with Gasteiger partial charge in [0.2, 0.25) is 0 Å². The first-order valence-corrected chi connectivity index (χ1v) is 6.46. The van der Waals surface area contributed by atoms with E-state index in [1.54, 1.807) is 0 Å². The number of non-ortho nitro benzene ring substituents is 1. The summed E-state index contributed by atoms with van der Waals surface area (Å²) in [6, 6.07) is 3.60. The maximum absolute atomic E-state index is 11.1. The molecular weight excluding hydrogens is 304 g/mol. The number of aliphatic carboxylic acids is 1. The zero-order valence-electron chi connectivity index (χ0n) is 13.5. The molecule has 0 unspecified atom stereocenters. The van der Waals surface area contributed by atoms with E-state index in [1.807, 2.05) is 20.8 Å². The van der Waals surface area contributed by atoms with E-state index < -0.39 is 16.9 Å². The number of nitro benzene ring substituents is 1. The topological polar surface area (TPSA) is 133 Å². The molecule has 0 saturated carbocycles. The van der Waals surface area contributed by atoms with Gasteiger partial charge in [-0.25, -0.2) is 9.59 Å². The van der Waals surface area contributed by atoms with Crippen molar-refractivity contribution in [1.29, 1.82) is 0 Å². The minimum atomic E-state index is -0.914. The van der Waals surface area contributed by atoms with Crippen LogP contribution in [0.15, 0.2) is 30.4 Å². The first-order valence-electron chi connectivity index (χ1n) is 6.46. The molecule has 0 radical (unpaired) electrons. The summed E-state index contributed by atoms with van der Waals surface area (Å²) in [6.07, 6.45) is 0. The van der Waals surface area contributed by atoms with E-state index in [-0.39, 0.29) is 27.9 Å². The fraction of sp³-hybridized carbons (Fsp3) is 0.333. The lowest BCUT2D eigenvalue weighted by Gasteiger charge is -2.17. The number of carbonyl (C=O) groups excluding carboxylic acids is 1. The SMILES string of the molecule is C=C(C(=O)O)C(C)(C)C.COC(=O)c1cc([N+](=O)[O-])ccc1N. The Morgan fingerprint density at radius 3 is 2.17 bits per heavy atom. The van der Waals surface area contributed by atoms with E-state index in [0.29, 0.717) is 0 Å². The Kier molecular flexibility index (Phi) is 6.93. The number of nitro groups is 1. The Morgan fingerprint density at radius 1 is 1.35 bits per heavy atom. The molecule has 0 aromatic heterocycles. The van der Waals surface area contributed by atoms with Crippen LogP contribution in [0.5, 0.6) is 0 Å². The number of nitrogens with zero attached hydrogens (tertiary/aromatic N) is 1. The van der Waals surface area contributed by atoms with Crippen LogP contribution in [-0.4, -0.2) is 29.1 Å². The van der Waals surface area contributed by atoms with Crippen LogP contribution in [0.4, 0.5) is 11.4 Å². The smallest absolute Gasteiger partial charge is 0.340 e. The van der Waals surface area contributed by atoms with Crippen LogP contribution < -0.4 is 5.73 Å². The molecule has 1 aromatic rings. The van der Waals surface area contributed by atoms with Gasteiger partial charge in [0.15, 0.2) is 0 Å². The highest BCUT2D eigenvalue weighted by Gasteiger charge is 2.20. The molecule has 3 N–H and O–H groups in total. The minimum Gasteiger partial charge on any atom is -0.478 e. The molecule has 8 nitrogen and oxygen atoms in total. The van der Waals surface area contributed by atoms with Crippen molar-refractivity contribution in [3.63, 3.8) is 0 Å². The van der Waals surface area contributed by atoms with Crippen LogP contribution in [-0.2, 0) is 9.53 Å². The van der Waals surface area contributed by atoms with E-state index >= 15 is 0 Å². The quantitative estimate of drug-likeness (QED) is 0.287. The van der Waals surface area contributed by atoms with Crippen molar-refractivity contribution in [2.75, 3.05) is 12.8 Å². The first kappa shape index (κ1) is 20.1. The van der Waals surface area contributed by atoms with Crippen molar-refractivity contribution in [3.8, 4) is 0 Å². The van der Waals surface area contributed by atoms with Gasteiger partial charge in [0.1, 0.15) is 0 Å². The average Bonchev–Trinajstić information content (AvgIpc) is 2.45. The van der Waals surface area contributed by atoms with Crippen LogP contribution in [0, 0.1) is 15.5 Å². The molecule has 0 aliphatic carbocycles. The molecular formula is C15H20N2O6. The number of methoxy groups -OCH3 is 1. The van der Waals surface area contributed by atoms with Crippen LogP contribution in [0.3, 0.4) is 0 Å². The lowest BCUT2D eigenvalue weighted by molar-refractivity contribution is -0.384. The number of carbonyl (C=O) groups is 2. The van der Waals surface area contributed by atoms with E-state index in [1.165, 1.54) is 19.2 Å². The Morgan fingerprint density at radius 2 is 1.87 bits per heavy atom. The number of nitrogen functional groups attached to an aromatic ring is 1. The Hall–Kier alpha value is -2.90. The second-order valence-electron chi connectivity index (χ2n) is 5.55. The number of hydrogen-bond acceptors (Lipinski definition) is 6. The molecule has 0 saturated heterocycles. The standard InChI is InChI=1S/C8H8N2O4.C7H12O2/c1-14-8(11)6-4-5(10(12)13)2-3-7(6)9;1-5(6(8)9)7(2,3)4/h2-4H,9H2,1H3;1H2,2-4H3,(H,8,9). The molecule has 126 valence electrons. The highest BCUT2D eigenvalue weighted by molar-refractivity contribution is 5.95. The molecule has 8 heteroatoms. The molecule has 23 heavy (non-hydrogen) atoms. The molecule has 0 fully saturated rings. The molecule has 0 atom stereocenters. The fourth-order valence-electron chi connectivity index (χ4n) is 1.27. The summed E-state index contributed by atoms with van der Waals surface area (Å²) in [4.78, 5) is 31.1. The number of benzene rings is 1. The van der Waals surface area contributed by atoms with Gasteiger partial charge < -0.3 is 15.6 Å². The first-order chi connectivity index (χ1) is 10.4. The fourth-order valence-corrected chi connectivity index (χ4v) is 1.27. The Bertz CT molecular complexity index is 631. The molecule has 0 amide bonds. The number of esters is 1. The summed E-state index contributed by atoms with van der Waals surface area (Å²) in [5.41, 5.74) is 5.34. The minimum absolute atomic E-state index is 0.00157. The molecule has 1 rings (SSSR count). The summed E-state index contributed by atoms with van der Waals surface area (Å²) in [5.74, 6) is -1.60. The number of carboxylic acid groups (broad SMARTS) is 1. The van der Waals surface area contributed by atoms with Gasteiger partial charge in [-0.2, -0.15) is 0 Å². The van der Waals surface area contributed by atoms with Gasteiger partial charge in [-0.05, 0) is 11.5 Å². The molecule has 0 aliphatic heterocycles. The molecule has 0 bridgehead atoms. The number of hydrogen-bond donors (Lipinski definition) is 2. The second-order valence-corrected chi connectivity index (χ2v) is 5.55. The maximum Gasteiger partial charge on any atom is 0.340 e. The van der Waals surface area contributed by atoms with Crippen molar-refractivity contribution in [2.45, 2.75) is 20.8 Å². The average molecular weight is 324 g/mol. The third kappa shape index (κ3) is 6.16. The van der Waals surface area contributed by atoms with Crippen molar-refractivity contribution in [2.24, 2.45) is 5.41 Å². The number of ether oxygens (including phenoxy) is 1. The normalized spacial score (nSPS) is 10.1. The second kappa shape index (κ2) is 7.92. The van der Waals surface area contributed by atoms with Crippen molar-refractivity contribution >= 4 is 23.3 Å². The van der Waals surface area contributed by atoms with E-state index in [2.05, 4.69) is 11.3 Å². The van der Waals surface area contributed by atoms with Crippen LogP contribution >= 0.6 is 0 Å². The third-order valence-corrected chi connectivity index (χ3v) is 2.82. The summed E-state index contributed by atoms with van der Waals surface area (Å²) in [6.45, 7) is 8.89. The van der Waals surface area contributed by atoms with Crippen LogP contribution in [0.25, 0.3) is 0 Å². The van der Waals surface area contributed by atoms with Crippen LogP contribution in [0.1, 0.15) is 31.1 Å². The van der Waals surface area contributed by atoms with Crippen molar-refractivity contribution in [1.82, 2.24) is 0 Å². The monoisotopic (exact) mass is 324 g/mol. The van der Waals surface area contributed by atoms with E-state index in [9.17, 15) is 19.7 Å². The van der Waals surface area contributed by atoms with Gasteiger partial charge in [-0.1, -0.05) is 27.4 Å². The summed E-state index contributed by atoms with van der Waals surface area (Å²) < 4.78 is 4.41. The molecule has 0 aliphatic rings. The Balaban J connectivity index is 0.000000468. The zero-order valence-corrected chi connectivity index (χ0v) is 13.5. The maximum atomic E-state index is 11.1. The van der Waals surface area contributed by atoms with Gasteiger partial charge in [0.25, 0.3) is 5.69 Å². The van der Waals surface area contributed by atoms with Gasteiger partial charge in [0, 0.05) is 23.4 Å². The predicted molar refractivity (Wildman–Crippen MR) is 85.1 cm³/mol. The van der Waals surface area contributed by atoms with Gasteiger partial charge >= 0.3 is 11.9 Å². The molecule has 0 heterocycles. The third-order valence-electron chi connectivity index (χ3n) is 2.82. The summed E-state index contributed by atoms with van der Waals surface area (Å²) in [5, 5.41) is 18.8. The predicted octanol–water partition coefficient (Wildman–Crippen LogP) is 2.64. The van der Waals surface area contributed by atoms with Gasteiger partial charge in [-0.15, -0.1) is 0 Å². The zero-order chi connectivity index (χ0) is 18.4. The highest BCUT2D eigenvalue weighted by Crippen LogP contribution is 2.23. The number of rotatable bonds is 3. The number of nitrogens with two attached hydrogens (primary N) is 1. The van der Waals surface area contributed by atoms with Gasteiger partial charge in [-0.3, -0.25) is 10.1 Å². The van der Waals surface area contributed by atoms with Crippen molar-refractivity contribution < 1.29 is 24.4 Å². The van der Waals surface area contributed by atoms with Crippen LogP contribution in [0.2, 0.25) is 0 Å². The van der Waals surface area contributed by atoms with Crippen molar-refractivity contribution in [3.05, 3.63) is 46.0 Å². The molecule has 1 aromatic carbocycles. The number of anilines is 1. The van der Waals surface area contributed by atoms with Gasteiger partial charge in [0.05, 0.1) is 17.6 Å². The Labute approximate surface area is 133 Å². The van der Waals surface area contributed by atoms with E-state index in [4.69, 9.17) is 10.8 Å². The summed E-state index contributed by atoms with van der Waals surface area (Å²) in [7, 11) is 1.18. The summed E-state index contributed by atoms with van der Waals surface area (Å²) >= 11 is 0. The van der Waals surface area contributed by atoms with E-state index in [0.717, 1.165) is 6.07 Å². The lowest BCUT2D eigenvalue weighted by atomic mass is 9.88. The number of carboxylic acids is 1. The lowest BCUT2D eigenvalue weighted by Crippen LogP contribution is -2.15. The largest absolute Gasteiger partial charge is 0.478 e.